The lowest BCUT2D eigenvalue weighted by molar-refractivity contribution is -0.123. The van der Waals surface area contributed by atoms with Crippen molar-refractivity contribution in [3.63, 3.8) is 0 Å². The average Bonchev–Trinajstić information content (AvgIpc) is 2.52. The van der Waals surface area contributed by atoms with Gasteiger partial charge in [-0.1, -0.05) is 18.8 Å². The number of carbonyl (C=O) groups excluding carboxylic acids is 2. The molecule has 5 heteroatoms. The molecule has 0 aliphatic carbocycles. The summed E-state index contributed by atoms with van der Waals surface area (Å²) in [5, 5.41) is 11.3. The summed E-state index contributed by atoms with van der Waals surface area (Å²) < 4.78 is 0. The number of hydrogen-bond acceptors (Lipinski definition) is 4. The van der Waals surface area contributed by atoms with E-state index in [-0.39, 0.29) is 6.54 Å². The molecule has 4 N–H and O–H groups in total. The van der Waals surface area contributed by atoms with E-state index in [0.717, 1.165) is 18.4 Å². The van der Waals surface area contributed by atoms with Gasteiger partial charge in [0.05, 0.1) is 0 Å². The monoisotopic (exact) mass is 288 g/mol. The lowest BCUT2D eigenvalue weighted by atomic mass is 10.1. The van der Waals surface area contributed by atoms with E-state index in [4.69, 9.17) is 10.8 Å². The third kappa shape index (κ3) is 5.38. The number of nitrogens with one attached hydrogen (secondary N) is 1. The fraction of sp³-hybridized carbons (Fsp3) is 0.375. The fourth-order valence-corrected chi connectivity index (χ4v) is 1.62. The first-order valence-corrected chi connectivity index (χ1v) is 6.85. The van der Waals surface area contributed by atoms with Crippen LogP contribution < -0.4 is 11.1 Å². The first-order chi connectivity index (χ1) is 10.1. The molecule has 1 aromatic carbocycles. The molecule has 0 aliphatic rings. The molecule has 0 aromatic heterocycles. The third-order valence-corrected chi connectivity index (χ3v) is 2.84. The highest BCUT2D eigenvalue weighted by atomic mass is 16.3. The van der Waals surface area contributed by atoms with E-state index >= 15 is 0 Å². The molecule has 0 unspecified atom stereocenters. The number of hydrogen-bond donors (Lipinski definition) is 3. The first-order valence-electron chi connectivity index (χ1n) is 6.85. The van der Waals surface area contributed by atoms with Crippen LogP contribution in [0.4, 0.5) is 0 Å². The highest BCUT2D eigenvalue weighted by Gasteiger charge is 2.18. The predicted molar refractivity (Wildman–Crippen MR) is 80.6 cm³/mol. The Hall–Kier alpha value is -2.16. The Balaban J connectivity index is 2.71. The molecule has 0 bridgehead atoms. The Morgan fingerprint density at radius 1 is 1.33 bits per heavy atom. The van der Waals surface area contributed by atoms with E-state index in [2.05, 4.69) is 24.1 Å². The van der Waals surface area contributed by atoms with Crippen molar-refractivity contribution in [1.29, 1.82) is 0 Å². The lowest BCUT2D eigenvalue weighted by Gasteiger charge is -2.14. The van der Waals surface area contributed by atoms with E-state index in [1.54, 1.807) is 24.3 Å². The van der Waals surface area contributed by atoms with Gasteiger partial charge in [-0.25, -0.2) is 0 Å². The summed E-state index contributed by atoms with van der Waals surface area (Å²) in [4.78, 5) is 23.3. The van der Waals surface area contributed by atoms with Crippen LogP contribution in [0.15, 0.2) is 24.3 Å². The Morgan fingerprint density at radius 3 is 2.52 bits per heavy atom. The normalized spacial score (nSPS) is 11.2. The van der Waals surface area contributed by atoms with Crippen LogP contribution >= 0.6 is 0 Å². The van der Waals surface area contributed by atoms with E-state index in [9.17, 15) is 9.59 Å². The molecule has 5 nitrogen and oxygen atoms in total. The van der Waals surface area contributed by atoms with Gasteiger partial charge in [0.25, 0.3) is 5.91 Å². The van der Waals surface area contributed by atoms with E-state index in [1.165, 1.54) is 0 Å². The van der Waals surface area contributed by atoms with Gasteiger partial charge in [0.15, 0.2) is 5.78 Å². The lowest BCUT2D eigenvalue weighted by Crippen LogP contribution is -2.46. The van der Waals surface area contributed by atoms with E-state index < -0.39 is 24.3 Å². The molecule has 1 amide bonds. The van der Waals surface area contributed by atoms with Crippen molar-refractivity contribution in [3.8, 4) is 11.8 Å². The van der Waals surface area contributed by atoms with Crippen LogP contribution in [0.25, 0.3) is 0 Å². The Morgan fingerprint density at radius 2 is 2.00 bits per heavy atom. The molecule has 1 atom stereocenters. The summed E-state index contributed by atoms with van der Waals surface area (Å²) in [6, 6.07) is 5.92. The smallest absolute Gasteiger partial charge is 0.251 e. The van der Waals surface area contributed by atoms with Crippen molar-refractivity contribution in [3.05, 3.63) is 35.4 Å². The van der Waals surface area contributed by atoms with Crippen molar-refractivity contribution in [2.45, 2.75) is 25.8 Å². The summed E-state index contributed by atoms with van der Waals surface area (Å²) in [6.45, 7) is 1.36. The number of amides is 1. The maximum Gasteiger partial charge on any atom is 0.251 e. The van der Waals surface area contributed by atoms with Crippen LogP contribution in [0.2, 0.25) is 0 Å². The molecule has 0 radical (unpaired) electrons. The van der Waals surface area contributed by atoms with Crippen LogP contribution in [-0.4, -0.2) is 36.0 Å². The second-order valence-corrected chi connectivity index (χ2v) is 4.52. The van der Waals surface area contributed by atoms with Gasteiger partial charge in [-0.2, -0.15) is 0 Å². The highest BCUT2D eigenvalue weighted by molar-refractivity contribution is 5.98. The van der Waals surface area contributed by atoms with Gasteiger partial charge < -0.3 is 16.2 Å². The van der Waals surface area contributed by atoms with Crippen molar-refractivity contribution < 1.29 is 14.7 Å². The van der Waals surface area contributed by atoms with Crippen molar-refractivity contribution >= 4 is 11.7 Å². The summed E-state index contributed by atoms with van der Waals surface area (Å²) in [5.41, 5.74) is 6.65. The van der Waals surface area contributed by atoms with E-state index in [1.807, 2.05) is 0 Å². The zero-order chi connectivity index (χ0) is 15.7. The molecule has 21 heavy (non-hydrogen) atoms. The molecule has 0 saturated heterocycles. The fourth-order valence-electron chi connectivity index (χ4n) is 1.62. The van der Waals surface area contributed by atoms with Crippen LogP contribution in [0.5, 0.6) is 0 Å². The average molecular weight is 288 g/mol. The molecule has 112 valence electrons. The second-order valence-electron chi connectivity index (χ2n) is 4.52. The topological polar surface area (TPSA) is 92.4 Å². The van der Waals surface area contributed by atoms with Gasteiger partial charge >= 0.3 is 0 Å². The number of aliphatic hydroxyl groups excluding tert-OH is 1. The van der Waals surface area contributed by atoms with Gasteiger partial charge in [-0.15, -0.1) is 0 Å². The minimum absolute atomic E-state index is 0.0499. The van der Waals surface area contributed by atoms with Crippen LogP contribution in [0, 0.1) is 11.8 Å². The number of rotatable bonds is 6. The number of carbonyl (C=O) groups is 2. The zero-order valence-electron chi connectivity index (χ0n) is 12.1. The Bertz CT molecular complexity index is 541. The highest BCUT2D eigenvalue weighted by Crippen LogP contribution is 2.04. The Labute approximate surface area is 124 Å². The second kappa shape index (κ2) is 8.90. The number of nitrogens with two attached hydrogens (primary N) is 1. The van der Waals surface area contributed by atoms with Gasteiger partial charge in [0.1, 0.15) is 12.6 Å². The first kappa shape index (κ1) is 16.9. The molecule has 0 fully saturated rings. The molecule has 1 aromatic rings. The number of ketones is 1. The molecule has 0 saturated carbocycles. The molecular weight excluding hydrogens is 268 g/mol. The summed E-state index contributed by atoms with van der Waals surface area (Å²) in [7, 11) is 0. The number of benzene rings is 1. The zero-order valence-corrected chi connectivity index (χ0v) is 12.1. The van der Waals surface area contributed by atoms with Crippen molar-refractivity contribution in [2.24, 2.45) is 5.73 Å². The number of aliphatic hydroxyl groups is 1. The molecule has 0 heterocycles. The van der Waals surface area contributed by atoms with Crippen LogP contribution in [0.1, 0.15) is 35.7 Å². The van der Waals surface area contributed by atoms with Crippen LogP contribution in [0.3, 0.4) is 0 Å². The van der Waals surface area contributed by atoms with Crippen molar-refractivity contribution in [1.82, 2.24) is 5.32 Å². The minimum atomic E-state index is -0.869. The molecule has 1 rings (SSSR count). The minimum Gasteiger partial charge on any atom is -0.388 e. The quantitative estimate of drug-likeness (QED) is 0.663. The number of Topliss-reactive ketones (excluding diaryl/α,β-unsaturated/α-hetero) is 1. The van der Waals surface area contributed by atoms with Gasteiger partial charge in [0, 0.05) is 24.1 Å². The molecule has 0 aliphatic heterocycles. The molecular formula is C16H20N2O3. The summed E-state index contributed by atoms with van der Waals surface area (Å²) >= 11 is 0. The maximum atomic E-state index is 12.0. The van der Waals surface area contributed by atoms with Crippen molar-refractivity contribution in [2.75, 3.05) is 13.2 Å². The Kier molecular flexibility index (Phi) is 7.16. The summed E-state index contributed by atoms with van der Waals surface area (Å²) in [6.07, 6.45) is 1.84. The maximum absolute atomic E-state index is 12.0. The van der Waals surface area contributed by atoms with Gasteiger partial charge in [-0.05, 0) is 30.7 Å². The van der Waals surface area contributed by atoms with E-state index in [0.29, 0.717) is 5.56 Å². The predicted octanol–water partition coefficient (Wildman–Crippen LogP) is 0.457. The standard InChI is InChI=1S/C16H20N2O3/c1-2-3-4-5-12-6-8-13(9-7-12)16(21)18-14(10-17)15(20)11-19/h6-9,14,19H,2-3,10-11,17H2,1H3,(H,18,21)/t14-/m0/s1. The SMILES string of the molecule is CCCC#Cc1ccc(C(=O)N[C@@H](CN)C(=O)CO)cc1. The van der Waals surface area contributed by atoms with Crippen LogP contribution in [-0.2, 0) is 4.79 Å². The van der Waals surface area contributed by atoms with Gasteiger partial charge in [0.2, 0.25) is 0 Å². The largest absolute Gasteiger partial charge is 0.388 e. The third-order valence-electron chi connectivity index (χ3n) is 2.84. The summed E-state index contributed by atoms with van der Waals surface area (Å²) in [5.74, 6) is 5.12. The number of unbranched alkanes of at least 4 members (excludes halogenated alkanes) is 1. The van der Waals surface area contributed by atoms with Gasteiger partial charge in [-0.3, -0.25) is 9.59 Å². The molecule has 0 spiro atoms.